The van der Waals surface area contributed by atoms with E-state index in [-0.39, 0.29) is 17.5 Å². The van der Waals surface area contributed by atoms with Crippen LogP contribution in [0.4, 0.5) is 26.1 Å². The SMILES string of the molecule is COc1cnc(-c2cnc(NC(C)=O)cc2Nc2cc(C)nc(C(C)(F)F)n2)nc1. The van der Waals surface area contributed by atoms with E-state index >= 15 is 0 Å². The quantitative estimate of drug-likeness (QED) is 0.629. The van der Waals surface area contributed by atoms with E-state index in [9.17, 15) is 13.6 Å². The number of hydrogen-bond donors (Lipinski definition) is 2. The summed E-state index contributed by atoms with van der Waals surface area (Å²) in [5.74, 6) is -2.94. The maximum atomic E-state index is 13.7. The molecule has 156 valence electrons. The Morgan fingerprint density at radius 1 is 1.07 bits per heavy atom. The van der Waals surface area contributed by atoms with Crippen LogP contribution in [0.1, 0.15) is 25.4 Å². The minimum absolute atomic E-state index is 0.147. The predicted molar refractivity (Wildman–Crippen MR) is 106 cm³/mol. The molecule has 30 heavy (non-hydrogen) atoms. The fourth-order valence-electron chi connectivity index (χ4n) is 2.51. The fraction of sp³-hybridized carbons (Fsp3) is 0.263. The average Bonchev–Trinajstić information content (AvgIpc) is 2.67. The van der Waals surface area contributed by atoms with E-state index in [0.717, 1.165) is 6.92 Å². The highest BCUT2D eigenvalue weighted by Gasteiger charge is 2.29. The Bertz CT molecular complexity index is 1070. The fourth-order valence-corrected chi connectivity index (χ4v) is 2.51. The summed E-state index contributed by atoms with van der Waals surface area (Å²) in [5, 5.41) is 5.55. The maximum absolute atomic E-state index is 13.7. The Kier molecular flexibility index (Phi) is 5.81. The lowest BCUT2D eigenvalue weighted by Gasteiger charge is -2.15. The molecule has 0 aliphatic heterocycles. The van der Waals surface area contributed by atoms with Gasteiger partial charge >= 0.3 is 5.92 Å². The molecular weight excluding hydrogens is 396 g/mol. The number of carbonyl (C=O) groups is 1. The zero-order chi connectivity index (χ0) is 21.9. The van der Waals surface area contributed by atoms with Crippen molar-refractivity contribution in [2.24, 2.45) is 0 Å². The number of anilines is 3. The van der Waals surface area contributed by atoms with Crippen molar-refractivity contribution in [3.8, 4) is 17.1 Å². The second-order valence-corrected chi connectivity index (χ2v) is 6.47. The molecule has 3 heterocycles. The standard InChI is InChI=1S/C19H19F2N7O2/c1-10-5-16(28-18(25-10)19(3,20)21)27-14-6-15(26-11(2)29)22-9-13(14)17-23-7-12(30-4)8-24-17/h5-9H,1-4H3,(H2,22,25,26,27,28,29). The van der Waals surface area contributed by atoms with E-state index in [0.29, 0.717) is 28.5 Å². The number of pyridine rings is 1. The summed E-state index contributed by atoms with van der Waals surface area (Å²) in [5.41, 5.74) is 1.23. The first-order valence-corrected chi connectivity index (χ1v) is 8.81. The zero-order valence-electron chi connectivity index (χ0n) is 16.7. The van der Waals surface area contributed by atoms with Gasteiger partial charge in [0.1, 0.15) is 11.6 Å². The summed E-state index contributed by atoms with van der Waals surface area (Å²) in [4.78, 5) is 31.7. The van der Waals surface area contributed by atoms with Gasteiger partial charge in [-0.2, -0.15) is 8.78 Å². The number of halogens is 2. The summed E-state index contributed by atoms with van der Waals surface area (Å²) >= 11 is 0. The highest BCUT2D eigenvalue weighted by atomic mass is 19.3. The van der Waals surface area contributed by atoms with Crippen molar-refractivity contribution in [2.45, 2.75) is 26.7 Å². The Balaban J connectivity index is 2.06. The van der Waals surface area contributed by atoms with Crippen molar-refractivity contribution in [1.29, 1.82) is 0 Å². The van der Waals surface area contributed by atoms with Gasteiger partial charge in [-0.15, -0.1) is 0 Å². The zero-order valence-corrected chi connectivity index (χ0v) is 16.7. The van der Waals surface area contributed by atoms with Crippen LogP contribution in [0.25, 0.3) is 11.4 Å². The molecule has 0 bridgehead atoms. The highest BCUT2D eigenvalue weighted by molar-refractivity contribution is 5.89. The third kappa shape index (κ3) is 4.99. The van der Waals surface area contributed by atoms with Crippen LogP contribution in [-0.4, -0.2) is 37.9 Å². The van der Waals surface area contributed by atoms with Crippen molar-refractivity contribution in [3.05, 3.63) is 42.2 Å². The van der Waals surface area contributed by atoms with Gasteiger partial charge in [0.15, 0.2) is 11.6 Å². The van der Waals surface area contributed by atoms with Crippen molar-refractivity contribution in [2.75, 3.05) is 17.7 Å². The van der Waals surface area contributed by atoms with Crippen molar-refractivity contribution in [1.82, 2.24) is 24.9 Å². The number of aryl methyl sites for hydroxylation is 1. The molecule has 3 aromatic heterocycles. The van der Waals surface area contributed by atoms with Gasteiger partial charge in [-0.25, -0.2) is 24.9 Å². The van der Waals surface area contributed by atoms with Gasteiger partial charge in [0.25, 0.3) is 0 Å². The topological polar surface area (TPSA) is 115 Å². The van der Waals surface area contributed by atoms with Crippen LogP contribution < -0.4 is 15.4 Å². The van der Waals surface area contributed by atoms with Gasteiger partial charge in [-0.3, -0.25) is 4.79 Å². The number of nitrogens with zero attached hydrogens (tertiary/aromatic N) is 5. The van der Waals surface area contributed by atoms with E-state index < -0.39 is 11.7 Å². The molecule has 2 N–H and O–H groups in total. The number of methoxy groups -OCH3 is 1. The number of ether oxygens (including phenoxy) is 1. The molecule has 0 aliphatic carbocycles. The molecule has 0 saturated carbocycles. The number of carbonyl (C=O) groups excluding carboxylic acids is 1. The Morgan fingerprint density at radius 2 is 1.77 bits per heavy atom. The summed E-state index contributed by atoms with van der Waals surface area (Å²) in [6.45, 7) is 3.66. The lowest BCUT2D eigenvalue weighted by Crippen LogP contribution is -2.14. The summed E-state index contributed by atoms with van der Waals surface area (Å²) < 4.78 is 32.5. The number of rotatable bonds is 6. The Hall–Kier alpha value is -3.76. The van der Waals surface area contributed by atoms with Gasteiger partial charge in [0, 0.05) is 37.9 Å². The van der Waals surface area contributed by atoms with E-state index in [2.05, 4.69) is 35.6 Å². The molecule has 0 unspecified atom stereocenters. The molecule has 0 aliphatic rings. The normalized spacial score (nSPS) is 11.1. The molecule has 3 aromatic rings. The molecule has 9 nitrogen and oxygen atoms in total. The number of amides is 1. The first kappa shape index (κ1) is 21.0. The van der Waals surface area contributed by atoms with E-state index in [4.69, 9.17) is 4.74 Å². The molecule has 3 rings (SSSR count). The minimum atomic E-state index is -3.20. The highest BCUT2D eigenvalue weighted by Crippen LogP contribution is 2.31. The Labute approximate surface area is 171 Å². The van der Waals surface area contributed by atoms with Crippen LogP contribution in [0.2, 0.25) is 0 Å². The second kappa shape index (κ2) is 8.31. The van der Waals surface area contributed by atoms with E-state index in [1.54, 1.807) is 6.92 Å². The largest absolute Gasteiger partial charge is 0.494 e. The van der Waals surface area contributed by atoms with E-state index in [1.807, 2.05) is 0 Å². The lowest BCUT2D eigenvalue weighted by molar-refractivity contribution is -0.114. The lowest BCUT2D eigenvalue weighted by atomic mass is 10.2. The van der Waals surface area contributed by atoms with Crippen LogP contribution in [0.3, 0.4) is 0 Å². The number of nitrogens with one attached hydrogen (secondary N) is 2. The maximum Gasteiger partial charge on any atom is 0.303 e. The third-order valence-corrected chi connectivity index (χ3v) is 3.82. The smallest absolute Gasteiger partial charge is 0.303 e. The Morgan fingerprint density at radius 3 is 2.37 bits per heavy atom. The summed E-state index contributed by atoms with van der Waals surface area (Å²) in [7, 11) is 1.49. The summed E-state index contributed by atoms with van der Waals surface area (Å²) in [6, 6.07) is 3.05. The summed E-state index contributed by atoms with van der Waals surface area (Å²) in [6.07, 6.45) is 4.43. The molecular formula is C19H19F2N7O2. The van der Waals surface area contributed by atoms with Gasteiger partial charge in [-0.05, 0) is 6.92 Å². The molecule has 11 heteroatoms. The van der Waals surface area contributed by atoms with Crippen LogP contribution in [0, 0.1) is 6.92 Å². The second-order valence-electron chi connectivity index (χ2n) is 6.47. The number of alkyl halides is 2. The first-order chi connectivity index (χ1) is 14.2. The third-order valence-electron chi connectivity index (χ3n) is 3.82. The van der Waals surface area contributed by atoms with Gasteiger partial charge < -0.3 is 15.4 Å². The molecule has 0 fully saturated rings. The molecule has 0 saturated heterocycles. The molecule has 1 amide bonds. The van der Waals surface area contributed by atoms with Gasteiger partial charge in [0.05, 0.1) is 30.8 Å². The van der Waals surface area contributed by atoms with Crippen LogP contribution >= 0.6 is 0 Å². The molecule has 0 radical (unpaired) electrons. The minimum Gasteiger partial charge on any atom is -0.494 e. The predicted octanol–water partition coefficient (Wildman–Crippen LogP) is 3.46. The van der Waals surface area contributed by atoms with Crippen LogP contribution in [-0.2, 0) is 10.7 Å². The molecule has 0 atom stereocenters. The van der Waals surface area contributed by atoms with Crippen molar-refractivity contribution >= 4 is 23.2 Å². The average molecular weight is 415 g/mol. The van der Waals surface area contributed by atoms with Gasteiger partial charge in [-0.1, -0.05) is 0 Å². The van der Waals surface area contributed by atoms with Crippen molar-refractivity contribution in [3.63, 3.8) is 0 Å². The van der Waals surface area contributed by atoms with Crippen LogP contribution in [0.15, 0.2) is 30.7 Å². The van der Waals surface area contributed by atoms with E-state index in [1.165, 1.54) is 44.8 Å². The van der Waals surface area contributed by atoms with Gasteiger partial charge in [0.2, 0.25) is 11.7 Å². The first-order valence-electron chi connectivity index (χ1n) is 8.81. The van der Waals surface area contributed by atoms with Crippen LogP contribution in [0.5, 0.6) is 5.75 Å². The molecule has 0 aromatic carbocycles. The number of aromatic nitrogens is 5. The van der Waals surface area contributed by atoms with Crippen molar-refractivity contribution < 1.29 is 18.3 Å². The molecule has 0 spiro atoms. The monoisotopic (exact) mass is 415 g/mol. The number of hydrogen-bond acceptors (Lipinski definition) is 8.